The molecule has 0 aliphatic heterocycles. The van der Waals surface area contributed by atoms with E-state index in [4.69, 9.17) is 0 Å². The highest BCUT2D eigenvalue weighted by molar-refractivity contribution is 6.40. The molecule has 0 aromatic carbocycles. The van der Waals surface area contributed by atoms with Crippen LogP contribution in [0, 0.1) is 19.8 Å². The molecule has 5 rings (SSSR count). The van der Waals surface area contributed by atoms with Crippen LogP contribution in [0.4, 0.5) is 0 Å². The van der Waals surface area contributed by atoms with Gasteiger partial charge < -0.3 is 5.11 Å². The van der Waals surface area contributed by atoms with Crippen molar-refractivity contribution in [2.24, 2.45) is 5.92 Å². The van der Waals surface area contributed by atoms with Crippen molar-refractivity contribution in [3.63, 3.8) is 0 Å². The number of allylic oxidation sites excluding steroid dienone is 13. The first-order valence-electron chi connectivity index (χ1n) is 13.3. The minimum atomic E-state index is -0.141. The number of hydrogen-bond donors (Lipinski definition) is 0. The summed E-state index contributed by atoms with van der Waals surface area (Å²) in [6.45, 7) is 17.0. The van der Waals surface area contributed by atoms with Crippen molar-refractivity contribution in [3.8, 4) is 11.1 Å². The van der Waals surface area contributed by atoms with Crippen LogP contribution in [0.15, 0.2) is 99.4 Å². The highest BCUT2D eigenvalue weighted by Gasteiger charge is 2.36. The van der Waals surface area contributed by atoms with E-state index in [-0.39, 0.29) is 11.5 Å². The maximum absolute atomic E-state index is 13.8. The topological polar surface area (TPSA) is 40.1 Å². The number of hydrogen-bond acceptors (Lipinski definition) is 2. The van der Waals surface area contributed by atoms with Gasteiger partial charge >= 0.3 is 0 Å². The number of aryl methyl sites for hydroxylation is 2. The Morgan fingerprint density at radius 3 is 2.11 bits per heavy atom. The molecule has 0 spiro atoms. The first kappa shape index (κ1) is 25.0. The van der Waals surface area contributed by atoms with Gasteiger partial charge in [-0.05, 0) is 106 Å². The summed E-state index contributed by atoms with van der Waals surface area (Å²) in [5.41, 5.74) is 13.3. The van der Waals surface area contributed by atoms with E-state index in [2.05, 4.69) is 97.9 Å². The quantitative estimate of drug-likeness (QED) is 0.414. The summed E-state index contributed by atoms with van der Waals surface area (Å²) in [4.78, 5) is 13.8. The molecule has 5 aliphatic carbocycles. The zero-order valence-corrected chi connectivity index (χ0v) is 23.2. The summed E-state index contributed by atoms with van der Waals surface area (Å²) < 4.78 is 0. The molecule has 0 aromatic rings. The summed E-state index contributed by atoms with van der Waals surface area (Å²) in [6, 6.07) is 8.51. The van der Waals surface area contributed by atoms with Crippen molar-refractivity contribution in [2.75, 3.05) is 0 Å². The van der Waals surface area contributed by atoms with Crippen LogP contribution in [0.1, 0.15) is 69.7 Å². The normalized spacial score (nSPS) is 23.5. The first-order chi connectivity index (χ1) is 17.5. The van der Waals surface area contributed by atoms with E-state index in [0.717, 1.165) is 55.7 Å². The van der Waals surface area contributed by atoms with Gasteiger partial charge in [-0.2, -0.15) is 0 Å². The van der Waals surface area contributed by atoms with Crippen LogP contribution < -0.4 is 5.11 Å². The fourth-order valence-corrected chi connectivity index (χ4v) is 5.76. The average molecular weight is 488 g/mol. The highest BCUT2D eigenvalue weighted by Crippen LogP contribution is 2.48. The SMILES string of the molecule is CC1=C/C(=C2/C(=O)C(c3cc(C)c4cc(C(C)C)ccc(C)c3-4)=C2[O-])C2=C1\C=C(C(C)C)/C=C\C=C/2C. The van der Waals surface area contributed by atoms with Gasteiger partial charge in [-0.25, -0.2) is 0 Å². The van der Waals surface area contributed by atoms with Crippen molar-refractivity contribution in [1.29, 1.82) is 0 Å². The zero-order valence-electron chi connectivity index (χ0n) is 23.2. The van der Waals surface area contributed by atoms with E-state index in [1.54, 1.807) is 0 Å². The second-order valence-corrected chi connectivity index (χ2v) is 11.3. The van der Waals surface area contributed by atoms with Crippen LogP contribution in [0.2, 0.25) is 0 Å². The van der Waals surface area contributed by atoms with Gasteiger partial charge in [0.05, 0.1) is 0 Å². The number of carbonyl (C=O) groups excluding carboxylic acids is 1. The Morgan fingerprint density at radius 2 is 1.46 bits per heavy atom. The number of Topliss-reactive ketones (excluding diaryl/α,β-unsaturated/α-hetero) is 1. The second kappa shape index (κ2) is 9.03. The van der Waals surface area contributed by atoms with Gasteiger partial charge in [0.15, 0.2) is 5.78 Å². The van der Waals surface area contributed by atoms with Crippen molar-refractivity contribution in [2.45, 2.75) is 61.3 Å². The molecule has 188 valence electrons. The second-order valence-electron chi connectivity index (χ2n) is 11.3. The Labute approximate surface area is 221 Å². The largest absolute Gasteiger partial charge is 0.871 e. The molecule has 0 saturated heterocycles. The van der Waals surface area contributed by atoms with Gasteiger partial charge in [-0.3, -0.25) is 4.79 Å². The van der Waals surface area contributed by atoms with Crippen molar-refractivity contribution < 1.29 is 9.90 Å². The van der Waals surface area contributed by atoms with Crippen LogP contribution in [0.3, 0.4) is 0 Å². The fourth-order valence-electron chi connectivity index (χ4n) is 5.76. The Hall–Kier alpha value is -3.65. The molecule has 0 fully saturated rings. The minimum Gasteiger partial charge on any atom is -0.871 e. The molecule has 2 heteroatoms. The molecule has 0 radical (unpaired) electrons. The maximum Gasteiger partial charge on any atom is 0.193 e. The zero-order chi connectivity index (χ0) is 26.8. The Kier molecular flexibility index (Phi) is 6.10. The number of ketones is 1. The molecule has 0 aromatic heterocycles. The van der Waals surface area contributed by atoms with E-state index < -0.39 is 0 Å². The van der Waals surface area contributed by atoms with Crippen LogP contribution >= 0.6 is 0 Å². The number of carbonyl (C=O) groups is 1. The molecule has 5 aliphatic rings. The molecular formula is C35H35O2-. The summed E-state index contributed by atoms with van der Waals surface area (Å²) in [7, 11) is 0. The van der Waals surface area contributed by atoms with Crippen LogP contribution in [0.5, 0.6) is 0 Å². The summed E-state index contributed by atoms with van der Waals surface area (Å²) in [6.07, 6.45) is 10.5. The molecule has 0 saturated carbocycles. The van der Waals surface area contributed by atoms with Gasteiger partial charge in [-0.15, -0.1) is 0 Å². The third kappa shape index (κ3) is 3.91. The molecular weight excluding hydrogens is 452 g/mol. The summed E-state index contributed by atoms with van der Waals surface area (Å²) >= 11 is 0. The lowest BCUT2D eigenvalue weighted by atomic mass is 9.78. The van der Waals surface area contributed by atoms with Gasteiger partial charge in [0, 0.05) is 11.1 Å². The lowest BCUT2D eigenvalue weighted by molar-refractivity contribution is -0.297. The summed E-state index contributed by atoms with van der Waals surface area (Å²) in [5.74, 6) is 0.489. The van der Waals surface area contributed by atoms with E-state index in [1.165, 1.54) is 11.1 Å². The van der Waals surface area contributed by atoms with Crippen LogP contribution in [-0.4, -0.2) is 5.78 Å². The predicted molar refractivity (Wildman–Crippen MR) is 152 cm³/mol. The fraction of sp³-hybridized carbons (Fsp3) is 0.286. The maximum atomic E-state index is 13.8. The smallest absolute Gasteiger partial charge is 0.193 e. The summed E-state index contributed by atoms with van der Waals surface area (Å²) in [5, 5.41) is 13.8. The van der Waals surface area contributed by atoms with Gasteiger partial charge in [0.1, 0.15) is 0 Å². The molecule has 0 atom stereocenters. The van der Waals surface area contributed by atoms with Crippen molar-refractivity contribution >= 4 is 11.4 Å². The first-order valence-corrected chi connectivity index (χ1v) is 13.3. The lowest BCUT2D eigenvalue weighted by Gasteiger charge is -2.33. The highest BCUT2D eigenvalue weighted by atomic mass is 16.3. The van der Waals surface area contributed by atoms with E-state index in [9.17, 15) is 9.90 Å². The third-order valence-corrected chi connectivity index (χ3v) is 8.00. The molecule has 0 heterocycles. The molecule has 2 nitrogen and oxygen atoms in total. The number of fused-ring (bicyclic) bond motifs is 1. The molecule has 0 unspecified atom stereocenters. The van der Waals surface area contributed by atoms with E-state index in [0.29, 0.717) is 23.0 Å². The predicted octanol–water partition coefficient (Wildman–Crippen LogP) is 7.84. The number of rotatable bonds is 3. The average Bonchev–Trinajstić information content (AvgIpc) is 3.21. The van der Waals surface area contributed by atoms with Gasteiger partial charge in [0.2, 0.25) is 0 Å². The van der Waals surface area contributed by atoms with Crippen molar-refractivity contribution in [3.05, 3.63) is 122 Å². The molecule has 0 amide bonds. The standard InChI is InChI=1S/C35H36O2/c1-18(2)24-11-9-10-20(5)30-26(16-24)22(7)14-28(30)32-34(36)33(35(32)37)29-15-23(8)27-17-25(19(3)4)13-12-21(6)31(27)29/h9-19,36H,1-8H3/p-1/b10-9?,11-9-,20-10-,24-11?,24-16+,26-16?,30-20?,32-28-. The molecule has 0 bridgehead atoms. The molecule has 37 heavy (non-hydrogen) atoms. The van der Waals surface area contributed by atoms with Crippen molar-refractivity contribution in [1.82, 2.24) is 0 Å². The Balaban J connectivity index is 1.70. The van der Waals surface area contributed by atoms with E-state index >= 15 is 0 Å². The van der Waals surface area contributed by atoms with Gasteiger partial charge in [-0.1, -0.05) is 88.1 Å². The lowest BCUT2D eigenvalue weighted by Crippen LogP contribution is -2.30. The van der Waals surface area contributed by atoms with Gasteiger partial charge in [0.25, 0.3) is 0 Å². The monoisotopic (exact) mass is 487 g/mol. The van der Waals surface area contributed by atoms with E-state index in [1.807, 2.05) is 12.1 Å². The molecule has 0 N–H and O–H groups in total. The minimum absolute atomic E-state index is 0.141. The van der Waals surface area contributed by atoms with Crippen LogP contribution in [-0.2, 0) is 4.79 Å². The Morgan fingerprint density at radius 1 is 0.730 bits per heavy atom. The van der Waals surface area contributed by atoms with Crippen LogP contribution in [0.25, 0.3) is 16.7 Å². The third-order valence-electron chi connectivity index (χ3n) is 8.00. The Bertz CT molecular complexity index is 1550.